The first kappa shape index (κ1) is 14.4. The van der Waals surface area contributed by atoms with Crippen molar-refractivity contribution in [3.8, 4) is 5.75 Å². The molecule has 0 atom stereocenters. The molecule has 2 aromatic rings. The second-order valence-electron chi connectivity index (χ2n) is 3.84. The van der Waals surface area contributed by atoms with E-state index in [1.165, 1.54) is 12.3 Å². The topological polar surface area (TPSA) is 81.9 Å². The normalized spacial score (nSPS) is 11.3. The molecule has 1 heterocycles. The summed E-state index contributed by atoms with van der Waals surface area (Å²) in [6, 6.07) is 8.46. The Morgan fingerprint density at radius 2 is 1.90 bits per heavy atom. The molecule has 7 nitrogen and oxygen atoms in total. The molecular formula is C12H14N2O5S. The van der Waals surface area contributed by atoms with Gasteiger partial charge in [-0.15, -0.1) is 0 Å². The Morgan fingerprint density at radius 1 is 1.20 bits per heavy atom. The van der Waals surface area contributed by atoms with Crippen LogP contribution in [-0.2, 0) is 21.0 Å². The lowest BCUT2D eigenvalue weighted by molar-refractivity contribution is 0.389. The highest BCUT2D eigenvalue weighted by molar-refractivity contribution is 7.88. The number of anilines is 1. The van der Waals surface area contributed by atoms with Crippen LogP contribution in [0.5, 0.6) is 5.75 Å². The van der Waals surface area contributed by atoms with Crippen molar-refractivity contribution in [3.05, 3.63) is 42.2 Å². The quantitative estimate of drug-likeness (QED) is 0.805. The summed E-state index contributed by atoms with van der Waals surface area (Å²) < 4.78 is 39.1. The second-order valence-corrected chi connectivity index (χ2v) is 5.47. The standard InChI is InChI=1S/C12H14N2O5S/c1-17-11-5-3-10(4-6-11)9-14(20(15,16)18-2)12-7-8-19-13-12/h3-8H,9H2,1-2H3. The van der Waals surface area contributed by atoms with Crippen LogP contribution in [0, 0.1) is 0 Å². The Morgan fingerprint density at radius 3 is 2.40 bits per heavy atom. The van der Waals surface area contributed by atoms with Crippen LogP contribution in [-0.4, -0.2) is 27.8 Å². The fourth-order valence-corrected chi connectivity index (χ4v) is 2.41. The van der Waals surface area contributed by atoms with E-state index in [0.717, 1.165) is 17.0 Å². The van der Waals surface area contributed by atoms with Crippen LogP contribution in [0.4, 0.5) is 5.82 Å². The molecule has 0 spiro atoms. The Kier molecular flexibility index (Phi) is 4.26. The van der Waals surface area contributed by atoms with Crippen LogP contribution in [0.1, 0.15) is 5.56 Å². The maximum Gasteiger partial charge on any atom is 0.363 e. The lowest BCUT2D eigenvalue weighted by Crippen LogP contribution is -2.31. The molecule has 0 radical (unpaired) electrons. The summed E-state index contributed by atoms with van der Waals surface area (Å²) in [6.45, 7) is 0.0761. The van der Waals surface area contributed by atoms with Crippen molar-refractivity contribution in [2.75, 3.05) is 18.5 Å². The largest absolute Gasteiger partial charge is 0.497 e. The van der Waals surface area contributed by atoms with Gasteiger partial charge in [0.25, 0.3) is 0 Å². The minimum Gasteiger partial charge on any atom is -0.497 e. The van der Waals surface area contributed by atoms with Gasteiger partial charge in [-0.25, -0.2) is 4.31 Å². The molecule has 0 aliphatic heterocycles. The van der Waals surface area contributed by atoms with Gasteiger partial charge >= 0.3 is 10.3 Å². The van der Waals surface area contributed by atoms with Crippen molar-refractivity contribution in [1.29, 1.82) is 0 Å². The molecular weight excluding hydrogens is 284 g/mol. The van der Waals surface area contributed by atoms with Crippen molar-refractivity contribution in [2.45, 2.75) is 6.54 Å². The Bertz CT molecular complexity index is 637. The van der Waals surface area contributed by atoms with Gasteiger partial charge in [-0.1, -0.05) is 17.3 Å². The van der Waals surface area contributed by atoms with Gasteiger partial charge in [-0.3, -0.25) is 4.18 Å². The molecule has 108 valence electrons. The van der Waals surface area contributed by atoms with Gasteiger partial charge in [0.1, 0.15) is 12.0 Å². The molecule has 0 fully saturated rings. The molecule has 1 aromatic heterocycles. The van der Waals surface area contributed by atoms with Crippen molar-refractivity contribution in [1.82, 2.24) is 5.16 Å². The molecule has 0 amide bonds. The molecule has 0 aliphatic carbocycles. The predicted octanol–water partition coefficient (Wildman–Crippen LogP) is 1.58. The summed E-state index contributed by atoms with van der Waals surface area (Å²) >= 11 is 0. The number of ether oxygens (including phenoxy) is 1. The molecule has 0 aliphatic rings. The van der Waals surface area contributed by atoms with Crippen LogP contribution >= 0.6 is 0 Å². The molecule has 0 saturated carbocycles. The van der Waals surface area contributed by atoms with E-state index in [9.17, 15) is 8.42 Å². The van der Waals surface area contributed by atoms with Crippen molar-refractivity contribution < 1.29 is 21.9 Å². The third kappa shape index (κ3) is 3.09. The lowest BCUT2D eigenvalue weighted by atomic mass is 10.2. The summed E-state index contributed by atoms with van der Waals surface area (Å²) in [5.74, 6) is 0.846. The zero-order chi connectivity index (χ0) is 14.6. The molecule has 0 unspecified atom stereocenters. The maximum atomic E-state index is 11.9. The number of hydrogen-bond donors (Lipinski definition) is 0. The van der Waals surface area contributed by atoms with Gasteiger partial charge in [-0.05, 0) is 17.7 Å². The average molecular weight is 298 g/mol. The van der Waals surface area contributed by atoms with Gasteiger partial charge in [0.2, 0.25) is 0 Å². The van der Waals surface area contributed by atoms with E-state index in [2.05, 4.69) is 13.9 Å². The fourth-order valence-electron chi connectivity index (χ4n) is 1.60. The molecule has 2 rings (SSSR count). The zero-order valence-electron chi connectivity index (χ0n) is 11.0. The van der Waals surface area contributed by atoms with Crippen LogP contribution in [0.15, 0.2) is 41.1 Å². The van der Waals surface area contributed by atoms with Crippen LogP contribution < -0.4 is 9.04 Å². The van der Waals surface area contributed by atoms with Crippen LogP contribution in [0.3, 0.4) is 0 Å². The smallest absolute Gasteiger partial charge is 0.363 e. The summed E-state index contributed by atoms with van der Waals surface area (Å²) in [6.07, 6.45) is 1.29. The summed E-state index contributed by atoms with van der Waals surface area (Å²) in [5.41, 5.74) is 0.759. The van der Waals surface area contributed by atoms with Crippen molar-refractivity contribution in [2.24, 2.45) is 0 Å². The Hall–Kier alpha value is -2.06. The molecule has 0 saturated heterocycles. The third-order valence-electron chi connectivity index (χ3n) is 2.65. The number of aromatic nitrogens is 1. The third-order valence-corrected chi connectivity index (χ3v) is 3.92. The minimum absolute atomic E-state index is 0.0761. The first-order valence-corrected chi connectivity index (χ1v) is 7.05. The highest BCUT2D eigenvalue weighted by Gasteiger charge is 2.24. The van der Waals surface area contributed by atoms with E-state index in [1.807, 2.05) is 0 Å². The molecule has 1 aromatic carbocycles. The van der Waals surface area contributed by atoms with Crippen molar-refractivity contribution in [3.63, 3.8) is 0 Å². The van der Waals surface area contributed by atoms with Crippen LogP contribution in [0.2, 0.25) is 0 Å². The maximum absolute atomic E-state index is 11.9. The number of methoxy groups -OCH3 is 1. The second kappa shape index (κ2) is 5.93. The Balaban J connectivity index is 2.28. The fraction of sp³-hybridized carbons (Fsp3) is 0.250. The van der Waals surface area contributed by atoms with Crippen LogP contribution in [0.25, 0.3) is 0 Å². The summed E-state index contributed by atoms with van der Waals surface area (Å²) in [7, 11) is -1.26. The van der Waals surface area contributed by atoms with Gasteiger partial charge in [-0.2, -0.15) is 8.42 Å². The number of rotatable bonds is 6. The number of nitrogens with zero attached hydrogens (tertiary/aromatic N) is 2. The number of hydrogen-bond acceptors (Lipinski definition) is 6. The molecule has 8 heteroatoms. The predicted molar refractivity (Wildman–Crippen MR) is 71.6 cm³/mol. The monoisotopic (exact) mass is 298 g/mol. The van der Waals surface area contributed by atoms with Gasteiger partial charge in [0.15, 0.2) is 5.82 Å². The lowest BCUT2D eigenvalue weighted by Gasteiger charge is -2.19. The average Bonchev–Trinajstić information content (AvgIpc) is 2.99. The molecule has 0 N–H and O–H groups in total. The first-order valence-electron chi connectivity index (χ1n) is 5.68. The van der Waals surface area contributed by atoms with E-state index in [1.54, 1.807) is 31.4 Å². The number of benzene rings is 1. The summed E-state index contributed by atoms with van der Waals surface area (Å²) in [4.78, 5) is 0. The first-order chi connectivity index (χ1) is 9.56. The molecule has 0 bridgehead atoms. The van der Waals surface area contributed by atoms with E-state index in [4.69, 9.17) is 4.74 Å². The van der Waals surface area contributed by atoms with Gasteiger partial charge in [0.05, 0.1) is 20.8 Å². The van der Waals surface area contributed by atoms with Crippen molar-refractivity contribution >= 4 is 16.1 Å². The highest BCUT2D eigenvalue weighted by atomic mass is 32.2. The van der Waals surface area contributed by atoms with E-state index in [0.29, 0.717) is 5.75 Å². The molecule has 20 heavy (non-hydrogen) atoms. The highest BCUT2D eigenvalue weighted by Crippen LogP contribution is 2.20. The van der Waals surface area contributed by atoms with Gasteiger partial charge in [0, 0.05) is 6.07 Å². The minimum atomic E-state index is -3.92. The van der Waals surface area contributed by atoms with E-state index < -0.39 is 10.3 Å². The summed E-state index contributed by atoms with van der Waals surface area (Å²) in [5, 5.41) is 3.63. The SMILES string of the molecule is COc1ccc(CN(c2ccon2)S(=O)(=O)OC)cc1. The zero-order valence-corrected chi connectivity index (χ0v) is 11.8. The van der Waals surface area contributed by atoms with Gasteiger partial charge < -0.3 is 9.26 Å². The Labute approximate surface area is 117 Å². The van der Waals surface area contributed by atoms with E-state index >= 15 is 0 Å². The van der Waals surface area contributed by atoms with E-state index in [-0.39, 0.29) is 12.4 Å².